The molecule has 0 aliphatic carbocycles. The number of hydrogen-bond acceptors (Lipinski definition) is 4. The summed E-state index contributed by atoms with van der Waals surface area (Å²) in [4.78, 5) is 12.5. The smallest absolute Gasteiger partial charge is 0.274 e. The van der Waals surface area contributed by atoms with Crippen molar-refractivity contribution in [1.29, 1.82) is 0 Å². The van der Waals surface area contributed by atoms with Crippen molar-refractivity contribution in [1.82, 2.24) is 5.32 Å². The number of thiophene rings is 1. The second-order valence-electron chi connectivity index (χ2n) is 6.51. The largest absolute Gasteiger partial charge is 0.354 e. The van der Waals surface area contributed by atoms with Crippen molar-refractivity contribution in [2.75, 3.05) is 17.4 Å². The van der Waals surface area contributed by atoms with Crippen molar-refractivity contribution >= 4 is 44.6 Å². The fourth-order valence-electron chi connectivity index (χ4n) is 2.73. The standard InChI is InChI=1S/C21H21ClN2O3S2/c1-16-4-10-19(11-5-16)24(29(26,27)21-3-2-14-28-21)15-20(25)23-13-12-17-6-8-18(22)9-7-17/h2-11,14H,12-13,15H2,1H3,(H,23,25). The van der Waals surface area contributed by atoms with E-state index in [0.717, 1.165) is 26.8 Å². The Bertz CT molecular complexity index is 1050. The molecular weight excluding hydrogens is 428 g/mol. The fraction of sp³-hybridized carbons (Fsp3) is 0.190. The highest BCUT2D eigenvalue weighted by molar-refractivity contribution is 7.94. The molecule has 0 saturated heterocycles. The van der Waals surface area contributed by atoms with Gasteiger partial charge in [-0.15, -0.1) is 11.3 Å². The van der Waals surface area contributed by atoms with E-state index >= 15 is 0 Å². The maximum atomic E-state index is 13.1. The molecule has 29 heavy (non-hydrogen) atoms. The number of amides is 1. The molecule has 3 rings (SSSR count). The predicted molar refractivity (Wildman–Crippen MR) is 118 cm³/mol. The molecule has 0 unspecified atom stereocenters. The molecule has 2 aromatic carbocycles. The van der Waals surface area contributed by atoms with E-state index < -0.39 is 10.0 Å². The van der Waals surface area contributed by atoms with Crippen LogP contribution in [0.25, 0.3) is 0 Å². The Morgan fingerprint density at radius 2 is 1.76 bits per heavy atom. The van der Waals surface area contributed by atoms with Crippen LogP contribution in [-0.4, -0.2) is 27.4 Å². The Balaban J connectivity index is 1.71. The third-order valence-electron chi connectivity index (χ3n) is 4.30. The Labute approximate surface area is 180 Å². The number of anilines is 1. The van der Waals surface area contributed by atoms with E-state index in [0.29, 0.717) is 23.7 Å². The van der Waals surface area contributed by atoms with Gasteiger partial charge in [0.2, 0.25) is 5.91 Å². The minimum absolute atomic E-state index is 0.201. The molecule has 0 aliphatic rings. The van der Waals surface area contributed by atoms with Crippen molar-refractivity contribution in [2.45, 2.75) is 17.6 Å². The maximum Gasteiger partial charge on any atom is 0.274 e. The van der Waals surface area contributed by atoms with Gasteiger partial charge >= 0.3 is 0 Å². The van der Waals surface area contributed by atoms with Gasteiger partial charge in [-0.1, -0.05) is 47.5 Å². The third kappa shape index (κ3) is 5.59. The molecule has 1 aromatic heterocycles. The van der Waals surface area contributed by atoms with Crippen LogP contribution in [0.5, 0.6) is 0 Å². The number of halogens is 1. The van der Waals surface area contributed by atoms with Crippen LogP contribution in [-0.2, 0) is 21.2 Å². The van der Waals surface area contributed by atoms with Gasteiger partial charge in [-0.05, 0) is 54.6 Å². The summed E-state index contributed by atoms with van der Waals surface area (Å²) >= 11 is 7.00. The van der Waals surface area contributed by atoms with Crippen LogP contribution < -0.4 is 9.62 Å². The summed E-state index contributed by atoms with van der Waals surface area (Å²) in [6.07, 6.45) is 0.630. The summed E-state index contributed by atoms with van der Waals surface area (Å²) in [5.74, 6) is -0.361. The molecule has 1 N–H and O–H groups in total. The lowest BCUT2D eigenvalue weighted by Gasteiger charge is -2.23. The molecule has 0 fully saturated rings. The summed E-state index contributed by atoms with van der Waals surface area (Å²) in [6, 6.07) is 17.7. The minimum Gasteiger partial charge on any atom is -0.354 e. The SMILES string of the molecule is Cc1ccc(N(CC(=O)NCCc2ccc(Cl)cc2)S(=O)(=O)c2cccs2)cc1. The topological polar surface area (TPSA) is 66.5 Å². The molecule has 0 spiro atoms. The molecule has 1 heterocycles. The summed E-state index contributed by atoms with van der Waals surface area (Å²) < 4.78 is 27.5. The number of carbonyl (C=O) groups is 1. The van der Waals surface area contributed by atoms with Crippen LogP contribution in [0.3, 0.4) is 0 Å². The summed E-state index contributed by atoms with van der Waals surface area (Å²) in [5.41, 5.74) is 2.50. The fourth-order valence-corrected chi connectivity index (χ4v) is 5.38. The normalized spacial score (nSPS) is 11.2. The van der Waals surface area contributed by atoms with Crippen LogP contribution in [0.2, 0.25) is 5.02 Å². The molecule has 0 radical (unpaired) electrons. The highest BCUT2D eigenvalue weighted by Gasteiger charge is 2.27. The highest BCUT2D eigenvalue weighted by Crippen LogP contribution is 2.26. The lowest BCUT2D eigenvalue weighted by molar-refractivity contribution is -0.119. The number of nitrogens with zero attached hydrogens (tertiary/aromatic N) is 1. The van der Waals surface area contributed by atoms with Gasteiger partial charge in [0.15, 0.2) is 0 Å². The Morgan fingerprint density at radius 3 is 2.38 bits per heavy atom. The molecule has 0 atom stereocenters. The van der Waals surface area contributed by atoms with E-state index in [1.807, 2.05) is 31.2 Å². The Hall–Kier alpha value is -2.35. The van der Waals surface area contributed by atoms with Crippen LogP contribution in [0, 0.1) is 6.92 Å². The van der Waals surface area contributed by atoms with Crippen LogP contribution >= 0.6 is 22.9 Å². The van der Waals surface area contributed by atoms with E-state index in [-0.39, 0.29) is 16.7 Å². The number of benzene rings is 2. The zero-order valence-corrected chi connectivity index (χ0v) is 18.2. The molecule has 5 nitrogen and oxygen atoms in total. The second-order valence-corrected chi connectivity index (χ2v) is 9.98. The second kappa shape index (κ2) is 9.43. The molecule has 0 bridgehead atoms. The number of aryl methyl sites for hydroxylation is 1. The molecule has 0 saturated carbocycles. The first-order valence-electron chi connectivity index (χ1n) is 9.00. The van der Waals surface area contributed by atoms with Gasteiger partial charge in [-0.3, -0.25) is 9.10 Å². The van der Waals surface area contributed by atoms with E-state index in [9.17, 15) is 13.2 Å². The quantitative estimate of drug-likeness (QED) is 0.559. The Morgan fingerprint density at radius 1 is 1.07 bits per heavy atom. The van der Waals surface area contributed by atoms with Gasteiger partial charge in [-0.2, -0.15) is 0 Å². The number of nitrogens with one attached hydrogen (secondary N) is 1. The van der Waals surface area contributed by atoms with E-state index in [1.165, 1.54) is 0 Å². The number of hydrogen-bond donors (Lipinski definition) is 1. The van der Waals surface area contributed by atoms with Gasteiger partial charge in [-0.25, -0.2) is 8.42 Å². The van der Waals surface area contributed by atoms with Gasteiger partial charge in [0.25, 0.3) is 10.0 Å². The lowest BCUT2D eigenvalue weighted by atomic mass is 10.1. The average Bonchev–Trinajstić information content (AvgIpc) is 3.24. The number of sulfonamides is 1. The van der Waals surface area contributed by atoms with Gasteiger partial charge in [0.1, 0.15) is 10.8 Å². The minimum atomic E-state index is -3.82. The molecule has 8 heteroatoms. The van der Waals surface area contributed by atoms with Crippen molar-refractivity contribution in [2.24, 2.45) is 0 Å². The Kier molecular flexibility index (Phi) is 6.95. The predicted octanol–water partition coefficient (Wildman–Crippen LogP) is 4.26. The zero-order valence-electron chi connectivity index (χ0n) is 15.8. The lowest BCUT2D eigenvalue weighted by Crippen LogP contribution is -2.41. The van der Waals surface area contributed by atoms with Crippen molar-refractivity contribution in [3.8, 4) is 0 Å². The molecule has 0 aliphatic heterocycles. The number of carbonyl (C=O) groups excluding carboxylic acids is 1. The molecular formula is C21H21ClN2O3S2. The van der Waals surface area contributed by atoms with Crippen LogP contribution in [0.4, 0.5) is 5.69 Å². The first kappa shape index (κ1) is 21.4. The third-order valence-corrected chi connectivity index (χ3v) is 7.70. The molecule has 1 amide bonds. The summed E-state index contributed by atoms with van der Waals surface area (Å²) in [6.45, 7) is 2.04. The van der Waals surface area contributed by atoms with Crippen molar-refractivity contribution in [3.05, 3.63) is 82.2 Å². The van der Waals surface area contributed by atoms with Gasteiger partial charge in [0.05, 0.1) is 5.69 Å². The van der Waals surface area contributed by atoms with Crippen molar-refractivity contribution < 1.29 is 13.2 Å². The van der Waals surface area contributed by atoms with Gasteiger partial charge < -0.3 is 5.32 Å². The van der Waals surface area contributed by atoms with Crippen molar-refractivity contribution in [3.63, 3.8) is 0 Å². The average molecular weight is 449 g/mol. The summed E-state index contributed by atoms with van der Waals surface area (Å²) in [5, 5.41) is 5.16. The van der Waals surface area contributed by atoms with Crippen LogP contribution in [0.15, 0.2) is 70.3 Å². The first-order valence-corrected chi connectivity index (χ1v) is 11.7. The monoisotopic (exact) mass is 448 g/mol. The van der Waals surface area contributed by atoms with Crippen LogP contribution in [0.1, 0.15) is 11.1 Å². The molecule has 152 valence electrons. The van der Waals surface area contributed by atoms with E-state index in [2.05, 4.69) is 5.32 Å². The number of rotatable bonds is 8. The first-order chi connectivity index (χ1) is 13.9. The highest BCUT2D eigenvalue weighted by atomic mass is 35.5. The van der Waals surface area contributed by atoms with Gasteiger partial charge in [0, 0.05) is 11.6 Å². The maximum absolute atomic E-state index is 13.1. The molecule has 3 aromatic rings. The summed E-state index contributed by atoms with van der Waals surface area (Å²) in [7, 11) is -3.82. The van der Waals surface area contributed by atoms with E-state index in [1.54, 1.807) is 41.8 Å². The zero-order chi connectivity index (χ0) is 20.9. The van der Waals surface area contributed by atoms with E-state index in [4.69, 9.17) is 11.6 Å².